The fraction of sp³-hybridized carbons (Fsp3) is 0.333. The molecule has 1 aromatic heterocycles. The Morgan fingerprint density at radius 2 is 1.76 bits per heavy atom. The van der Waals surface area contributed by atoms with E-state index < -0.39 is 11.6 Å². The third kappa shape index (κ3) is 10.5. The number of carboxylic acids is 1. The van der Waals surface area contributed by atoms with Crippen molar-refractivity contribution in [1.82, 2.24) is 5.32 Å². The van der Waals surface area contributed by atoms with Crippen molar-refractivity contribution < 1.29 is 19.4 Å². The quantitative estimate of drug-likeness (QED) is 0.778. The first-order chi connectivity index (χ1) is 11.7. The molecule has 1 amide bonds. The summed E-state index contributed by atoms with van der Waals surface area (Å²) in [7, 11) is 0. The molecule has 0 atom stereocenters. The van der Waals surface area contributed by atoms with Gasteiger partial charge in [0.25, 0.3) is 5.97 Å². The van der Waals surface area contributed by atoms with Gasteiger partial charge < -0.3 is 15.2 Å². The van der Waals surface area contributed by atoms with Crippen LogP contribution in [0.5, 0.6) is 0 Å². The molecule has 0 saturated carbocycles. The molecule has 0 aliphatic rings. The van der Waals surface area contributed by atoms with E-state index >= 15 is 0 Å². The lowest BCUT2D eigenvalue weighted by Crippen LogP contribution is -2.31. The fourth-order valence-corrected chi connectivity index (χ4v) is 3.70. The predicted molar refractivity (Wildman–Crippen MR) is 101 cm³/mol. The lowest BCUT2D eigenvalue weighted by Gasteiger charge is -2.19. The van der Waals surface area contributed by atoms with E-state index in [1.54, 1.807) is 23.1 Å². The number of thiophene rings is 1. The summed E-state index contributed by atoms with van der Waals surface area (Å²) in [5.41, 5.74) is -0.464. The summed E-state index contributed by atoms with van der Waals surface area (Å²) in [5.74, 6) is -0.833. The zero-order valence-electron chi connectivity index (χ0n) is 14.7. The second kappa shape index (κ2) is 10.1. The van der Waals surface area contributed by atoms with Crippen molar-refractivity contribution in [1.29, 1.82) is 0 Å². The number of benzene rings is 1. The fourth-order valence-electron chi connectivity index (χ4n) is 1.59. The molecule has 25 heavy (non-hydrogen) atoms. The Labute approximate surface area is 156 Å². The minimum atomic E-state index is -0.833. The number of nitrogens with one attached hydrogen (secondary N) is 1. The molecule has 136 valence electrons. The maximum absolute atomic E-state index is 11.6. The maximum Gasteiger partial charge on any atom is 0.407 e. The Balaban J connectivity index is 0.000000705. The smallest absolute Gasteiger partial charge is 0.407 e. The minimum Gasteiger partial charge on any atom is -0.481 e. The monoisotopic (exact) mass is 381 g/mol. The molecule has 0 aliphatic carbocycles. The van der Waals surface area contributed by atoms with E-state index in [0.717, 1.165) is 11.8 Å². The summed E-state index contributed by atoms with van der Waals surface area (Å²) in [4.78, 5) is 22.9. The van der Waals surface area contributed by atoms with E-state index in [1.807, 2.05) is 45.0 Å². The number of hydrogen-bond donors (Lipinski definition) is 2. The number of amides is 1. The topological polar surface area (TPSA) is 75.6 Å². The van der Waals surface area contributed by atoms with Gasteiger partial charge in [0.1, 0.15) is 5.60 Å². The van der Waals surface area contributed by atoms with Gasteiger partial charge in [-0.15, -0.1) is 11.3 Å². The van der Waals surface area contributed by atoms with Crippen LogP contribution in [0.4, 0.5) is 4.79 Å². The van der Waals surface area contributed by atoms with Gasteiger partial charge in [0, 0.05) is 16.7 Å². The highest BCUT2D eigenvalue weighted by Crippen LogP contribution is 2.33. The van der Waals surface area contributed by atoms with Crippen molar-refractivity contribution >= 4 is 35.2 Å². The Morgan fingerprint density at radius 3 is 2.32 bits per heavy atom. The van der Waals surface area contributed by atoms with Crippen molar-refractivity contribution in [3.05, 3.63) is 47.3 Å². The molecule has 2 N–H and O–H groups in total. The van der Waals surface area contributed by atoms with Crippen LogP contribution in [0.2, 0.25) is 0 Å². The van der Waals surface area contributed by atoms with Gasteiger partial charge in [0.15, 0.2) is 0 Å². The summed E-state index contributed by atoms with van der Waals surface area (Å²) in [6.45, 7) is 7.14. The number of carbonyl (C=O) groups is 2. The molecule has 0 fully saturated rings. The zero-order chi connectivity index (χ0) is 18.9. The highest BCUT2D eigenvalue weighted by Gasteiger charge is 2.15. The van der Waals surface area contributed by atoms with Crippen LogP contribution in [0.1, 0.15) is 32.6 Å². The maximum atomic E-state index is 11.6. The second-order valence-electron chi connectivity index (χ2n) is 6.01. The van der Waals surface area contributed by atoms with Crippen molar-refractivity contribution in [2.24, 2.45) is 0 Å². The molecule has 2 rings (SSSR count). The summed E-state index contributed by atoms with van der Waals surface area (Å²) >= 11 is 3.41. The van der Waals surface area contributed by atoms with Crippen LogP contribution in [-0.4, -0.2) is 22.8 Å². The molecule has 2 aromatic rings. The molecule has 7 heteroatoms. The second-order valence-corrected chi connectivity index (χ2v) is 8.55. The third-order valence-electron chi connectivity index (χ3n) is 2.40. The lowest BCUT2D eigenvalue weighted by atomic mass is 10.2. The highest BCUT2D eigenvalue weighted by atomic mass is 32.2. The number of hydrogen-bond acceptors (Lipinski definition) is 5. The Morgan fingerprint density at radius 1 is 1.16 bits per heavy atom. The Bertz CT molecular complexity index is 674. The van der Waals surface area contributed by atoms with Gasteiger partial charge >= 0.3 is 6.09 Å². The zero-order valence-corrected chi connectivity index (χ0v) is 16.4. The average Bonchev–Trinajstić information content (AvgIpc) is 2.91. The summed E-state index contributed by atoms with van der Waals surface area (Å²) in [6, 6.07) is 14.4. The third-order valence-corrected chi connectivity index (χ3v) is 4.63. The van der Waals surface area contributed by atoms with Crippen LogP contribution >= 0.6 is 23.1 Å². The number of alkyl carbamates (subject to hydrolysis) is 1. The van der Waals surface area contributed by atoms with E-state index in [-0.39, 0.29) is 6.09 Å². The molecular weight excluding hydrogens is 358 g/mol. The molecular formula is C18H23NO4S2. The van der Waals surface area contributed by atoms with Crippen molar-refractivity contribution in [2.45, 2.75) is 48.9 Å². The lowest BCUT2D eigenvalue weighted by molar-refractivity contribution is -0.134. The van der Waals surface area contributed by atoms with Crippen molar-refractivity contribution in [2.75, 3.05) is 0 Å². The van der Waals surface area contributed by atoms with E-state index in [4.69, 9.17) is 14.6 Å². The molecule has 0 bridgehead atoms. The van der Waals surface area contributed by atoms with Gasteiger partial charge in [0.2, 0.25) is 0 Å². The Kier molecular flexibility index (Phi) is 8.51. The Hall–Kier alpha value is -1.99. The first kappa shape index (κ1) is 21.1. The average molecular weight is 382 g/mol. The number of ether oxygens (including phenoxy) is 1. The molecule has 1 aromatic carbocycles. The summed E-state index contributed by atoms with van der Waals surface area (Å²) < 4.78 is 6.42. The number of carboxylic acid groups (broad SMARTS) is 1. The number of carbonyl (C=O) groups excluding carboxylic acids is 1. The van der Waals surface area contributed by atoms with E-state index in [1.165, 1.54) is 9.10 Å². The van der Waals surface area contributed by atoms with E-state index in [9.17, 15) is 4.79 Å². The standard InChI is InChI=1S/C16H19NO2S2.C2H4O2/c1-16(2,3)19-15(18)17-11-13-9-10-14(21-13)20-12-7-5-4-6-8-12;1-2(3)4/h4-10H,11H2,1-3H3,(H,17,18);1H3,(H,3,4). The number of aliphatic carboxylic acids is 1. The molecule has 5 nitrogen and oxygen atoms in total. The first-order valence-electron chi connectivity index (χ1n) is 7.64. The largest absolute Gasteiger partial charge is 0.481 e. The van der Waals surface area contributed by atoms with Gasteiger partial charge in [0.05, 0.1) is 10.8 Å². The van der Waals surface area contributed by atoms with Gasteiger partial charge in [-0.2, -0.15) is 0 Å². The molecule has 0 saturated heterocycles. The van der Waals surface area contributed by atoms with Gasteiger partial charge in [-0.05, 0) is 45.0 Å². The summed E-state index contributed by atoms with van der Waals surface area (Å²) in [5, 5.41) is 10.2. The molecule has 0 aliphatic heterocycles. The molecule has 0 spiro atoms. The van der Waals surface area contributed by atoms with Crippen LogP contribution in [0.25, 0.3) is 0 Å². The first-order valence-corrected chi connectivity index (χ1v) is 9.27. The molecule has 0 unspecified atom stereocenters. The molecule has 0 radical (unpaired) electrons. The van der Waals surface area contributed by atoms with E-state index in [2.05, 4.69) is 23.5 Å². The van der Waals surface area contributed by atoms with Crippen LogP contribution in [0.3, 0.4) is 0 Å². The van der Waals surface area contributed by atoms with Crippen LogP contribution in [0, 0.1) is 0 Å². The van der Waals surface area contributed by atoms with Crippen LogP contribution in [-0.2, 0) is 16.1 Å². The predicted octanol–water partition coefficient (Wildman–Crippen LogP) is 5.01. The van der Waals surface area contributed by atoms with Crippen molar-refractivity contribution in [3.63, 3.8) is 0 Å². The number of rotatable bonds is 4. The normalized spacial score (nSPS) is 10.4. The van der Waals surface area contributed by atoms with Gasteiger partial charge in [-0.3, -0.25) is 4.79 Å². The van der Waals surface area contributed by atoms with Crippen LogP contribution in [0.15, 0.2) is 51.6 Å². The minimum absolute atomic E-state index is 0.381. The highest BCUT2D eigenvalue weighted by molar-refractivity contribution is 8.01. The van der Waals surface area contributed by atoms with Crippen LogP contribution < -0.4 is 5.32 Å². The summed E-state index contributed by atoms with van der Waals surface area (Å²) in [6.07, 6.45) is -0.381. The van der Waals surface area contributed by atoms with Gasteiger partial charge in [-0.1, -0.05) is 30.0 Å². The van der Waals surface area contributed by atoms with Gasteiger partial charge in [-0.25, -0.2) is 4.79 Å². The SMILES string of the molecule is CC(=O)O.CC(C)(C)OC(=O)NCc1ccc(Sc2ccccc2)s1. The molecule has 1 heterocycles. The van der Waals surface area contributed by atoms with Crippen molar-refractivity contribution in [3.8, 4) is 0 Å². The van der Waals surface area contributed by atoms with E-state index in [0.29, 0.717) is 6.54 Å².